The highest BCUT2D eigenvalue weighted by atomic mass is 35.5. The van der Waals surface area contributed by atoms with E-state index in [-0.39, 0.29) is 5.91 Å². The molecule has 0 radical (unpaired) electrons. The normalized spacial score (nSPS) is 12.0. The van der Waals surface area contributed by atoms with E-state index in [9.17, 15) is 4.79 Å². The van der Waals surface area contributed by atoms with E-state index in [0.717, 1.165) is 30.0 Å². The number of nitrogens with zero attached hydrogens (tertiary/aromatic N) is 2. The zero-order valence-corrected chi connectivity index (χ0v) is 14.8. The predicted molar refractivity (Wildman–Crippen MR) is 93.5 cm³/mol. The number of amides is 1. The first-order valence-electron chi connectivity index (χ1n) is 7.57. The molecule has 0 fully saturated rings. The number of carbonyl (C=O) groups is 1. The molecule has 2 aromatic rings. The first-order chi connectivity index (χ1) is 11.1. The van der Waals surface area contributed by atoms with Crippen LogP contribution in [0.1, 0.15) is 30.8 Å². The van der Waals surface area contributed by atoms with Gasteiger partial charge in [0.15, 0.2) is 0 Å². The molecule has 7 heteroatoms. The van der Waals surface area contributed by atoms with Crippen LogP contribution in [0.3, 0.4) is 0 Å². The summed E-state index contributed by atoms with van der Waals surface area (Å²) < 4.78 is 5.70. The maximum absolute atomic E-state index is 11.5. The van der Waals surface area contributed by atoms with Gasteiger partial charge in [0.1, 0.15) is 16.1 Å². The van der Waals surface area contributed by atoms with E-state index in [4.69, 9.17) is 16.3 Å². The Balaban J connectivity index is 1.71. The van der Waals surface area contributed by atoms with Gasteiger partial charge < -0.3 is 4.74 Å². The molecular formula is C16H20ClN3O2S. The lowest BCUT2D eigenvalue weighted by atomic mass is 10.2. The number of carbonyl (C=O) groups excluding carboxylic acids is 1. The third-order valence-corrected chi connectivity index (χ3v) is 4.29. The SMILES string of the molecule is CCc1ccc(OCCCc2nnc(NC(=O)C(C)Cl)s2)cc1. The molecule has 23 heavy (non-hydrogen) atoms. The minimum Gasteiger partial charge on any atom is -0.494 e. The lowest BCUT2D eigenvalue weighted by Crippen LogP contribution is -2.20. The van der Waals surface area contributed by atoms with E-state index in [1.807, 2.05) is 12.1 Å². The van der Waals surface area contributed by atoms with Gasteiger partial charge in [0.25, 0.3) is 0 Å². The van der Waals surface area contributed by atoms with Crippen LogP contribution in [0, 0.1) is 0 Å². The second-order valence-corrected chi connectivity index (χ2v) is 6.77. The molecule has 1 atom stereocenters. The summed E-state index contributed by atoms with van der Waals surface area (Å²) in [6.45, 7) is 4.36. The maximum atomic E-state index is 11.5. The summed E-state index contributed by atoms with van der Waals surface area (Å²) in [5, 5.41) is 11.4. The van der Waals surface area contributed by atoms with Crippen molar-refractivity contribution in [3.8, 4) is 5.75 Å². The first kappa shape index (κ1) is 17.7. The molecule has 1 amide bonds. The van der Waals surface area contributed by atoms with Crippen LogP contribution in [-0.4, -0.2) is 28.1 Å². The molecule has 1 aromatic carbocycles. The summed E-state index contributed by atoms with van der Waals surface area (Å²) in [6.07, 6.45) is 2.62. The topological polar surface area (TPSA) is 64.1 Å². The van der Waals surface area contributed by atoms with Gasteiger partial charge >= 0.3 is 0 Å². The van der Waals surface area contributed by atoms with Crippen molar-refractivity contribution in [2.24, 2.45) is 0 Å². The van der Waals surface area contributed by atoms with Crippen molar-refractivity contribution in [2.45, 2.75) is 38.5 Å². The number of alkyl halides is 1. The highest BCUT2D eigenvalue weighted by molar-refractivity contribution is 7.15. The fourth-order valence-electron chi connectivity index (χ4n) is 1.84. The van der Waals surface area contributed by atoms with E-state index in [1.165, 1.54) is 16.9 Å². The average Bonchev–Trinajstić information content (AvgIpc) is 2.99. The molecule has 124 valence electrons. The van der Waals surface area contributed by atoms with Crippen LogP contribution in [0.4, 0.5) is 5.13 Å². The second-order valence-electron chi connectivity index (χ2n) is 5.06. The van der Waals surface area contributed by atoms with Gasteiger partial charge in [-0.1, -0.05) is 30.4 Å². The predicted octanol–water partition coefficient (Wildman–Crippen LogP) is 3.68. The summed E-state index contributed by atoms with van der Waals surface area (Å²) in [4.78, 5) is 11.5. The van der Waals surface area contributed by atoms with E-state index in [2.05, 4.69) is 34.6 Å². The third kappa shape index (κ3) is 5.80. The van der Waals surface area contributed by atoms with Gasteiger partial charge in [0, 0.05) is 6.42 Å². The number of aromatic nitrogens is 2. The summed E-state index contributed by atoms with van der Waals surface area (Å²) in [5.74, 6) is 0.608. The lowest BCUT2D eigenvalue weighted by molar-refractivity contribution is -0.115. The number of aryl methyl sites for hydroxylation is 2. The molecule has 0 saturated carbocycles. The van der Waals surface area contributed by atoms with Gasteiger partial charge in [-0.05, 0) is 37.5 Å². The number of rotatable bonds is 8. The van der Waals surface area contributed by atoms with Gasteiger partial charge in [-0.2, -0.15) is 0 Å². The number of nitrogens with one attached hydrogen (secondary N) is 1. The summed E-state index contributed by atoms with van der Waals surface area (Å²) in [6, 6.07) is 8.13. The summed E-state index contributed by atoms with van der Waals surface area (Å²) >= 11 is 7.05. The number of hydrogen-bond acceptors (Lipinski definition) is 5. The number of halogens is 1. The van der Waals surface area contributed by atoms with Gasteiger partial charge in [0.05, 0.1) is 6.61 Å². The Kier molecular flexibility index (Phi) is 6.80. The second kappa shape index (κ2) is 8.84. The van der Waals surface area contributed by atoms with Crippen LogP contribution in [-0.2, 0) is 17.6 Å². The quantitative estimate of drug-likeness (QED) is 0.580. The molecule has 0 aliphatic heterocycles. The van der Waals surface area contributed by atoms with Crippen molar-refractivity contribution < 1.29 is 9.53 Å². The zero-order chi connectivity index (χ0) is 16.7. The highest BCUT2D eigenvalue weighted by Gasteiger charge is 2.12. The molecule has 2 rings (SSSR count). The lowest BCUT2D eigenvalue weighted by Gasteiger charge is -2.05. The smallest absolute Gasteiger partial charge is 0.243 e. The van der Waals surface area contributed by atoms with Crippen LogP contribution in [0.25, 0.3) is 0 Å². The minimum absolute atomic E-state index is 0.270. The van der Waals surface area contributed by atoms with E-state index < -0.39 is 5.38 Å². The molecule has 0 saturated heterocycles. The molecule has 0 spiro atoms. The maximum Gasteiger partial charge on any atom is 0.243 e. The van der Waals surface area contributed by atoms with Crippen LogP contribution in [0.15, 0.2) is 24.3 Å². The summed E-state index contributed by atoms with van der Waals surface area (Å²) in [5.41, 5.74) is 1.30. The van der Waals surface area contributed by atoms with Gasteiger partial charge in [-0.15, -0.1) is 21.8 Å². The zero-order valence-electron chi connectivity index (χ0n) is 13.2. The largest absolute Gasteiger partial charge is 0.494 e. The minimum atomic E-state index is -0.588. The number of hydrogen-bond donors (Lipinski definition) is 1. The molecule has 0 aliphatic rings. The van der Waals surface area contributed by atoms with Crippen LogP contribution >= 0.6 is 22.9 Å². The molecule has 1 N–H and O–H groups in total. The van der Waals surface area contributed by atoms with Crippen LogP contribution < -0.4 is 10.1 Å². The van der Waals surface area contributed by atoms with Crippen molar-refractivity contribution in [1.29, 1.82) is 0 Å². The molecule has 1 heterocycles. The Hall–Kier alpha value is -1.66. The van der Waals surface area contributed by atoms with Crippen LogP contribution in [0.5, 0.6) is 5.75 Å². The molecule has 1 unspecified atom stereocenters. The molecule has 0 bridgehead atoms. The van der Waals surface area contributed by atoms with Gasteiger partial charge in [-0.3, -0.25) is 10.1 Å². The van der Waals surface area contributed by atoms with Crippen molar-refractivity contribution in [1.82, 2.24) is 10.2 Å². The Morgan fingerprint density at radius 1 is 1.35 bits per heavy atom. The Morgan fingerprint density at radius 3 is 2.74 bits per heavy atom. The molecule has 0 aliphatic carbocycles. The van der Waals surface area contributed by atoms with Gasteiger partial charge in [0.2, 0.25) is 11.0 Å². The van der Waals surface area contributed by atoms with E-state index >= 15 is 0 Å². The van der Waals surface area contributed by atoms with E-state index in [0.29, 0.717) is 11.7 Å². The standard InChI is InChI=1S/C16H20ClN3O2S/c1-3-12-6-8-13(9-7-12)22-10-4-5-14-19-20-16(23-14)18-15(21)11(2)17/h6-9,11H,3-5,10H2,1-2H3,(H,18,20,21). The summed E-state index contributed by atoms with van der Waals surface area (Å²) in [7, 11) is 0. The number of anilines is 1. The highest BCUT2D eigenvalue weighted by Crippen LogP contribution is 2.18. The monoisotopic (exact) mass is 353 g/mol. The molecule has 5 nitrogen and oxygen atoms in total. The van der Waals surface area contributed by atoms with Crippen molar-refractivity contribution in [3.05, 3.63) is 34.8 Å². The van der Waals surface area contributed by atoms with Gasteiger partial charge in [-0.25, -0.2) is 0 Å². The van der Waals surface area contributed by atoms with Crippen molar-refractivity contribution in [3.63, 3.8) is 0 Å². The molecule has 1 aromatic heterocycles. The Morgan fingerprint density at radius 2 is 2.09 bits per heavy atom. The third-order valence-electron chi connectivity index (χ3n) is 3.19. The van der Waals surface area contributed by atoms with E-state index in [1.54, 1.807) is 6.92 Å². The number of ether oxygens (including phenoxy) is 1. The number of benzene rings is 1. The Labute approximate surface area is 145 Å². The average molecular weight is 354 g/mol. The molecular weight excluding hydrogens is 334 g/mol. The van der Waals surface area contributed by atoms with Crippen molar-refractivity contribution in [2.75, 3.05) is 11.9 Å². The first-order valence-corrected chi connectivity index (χ1v) is 8.83. The van der Waals surface area contributed by atoms with Crippen molar-refractivity contribution >= 4 is 34.0 Å². The van der Waals surface area contributed by atoms with Crippen LogP contribution in [0.2, 0.25) is 0 Å². The Bertz CT molecular complexity index is 629. The fourth-order valence-corrected chi connectivity index (χ4v) is 2.68. The fraction of sp³-hybridized carbons (Fsp3) is 0.438.